The standard InChI is InChI=1S/C13H17N3O2S/c14-8-7-13(5-6-13)9-16-10-15-19(17,18)12-4-2-1-3-11(12)16/h1-4,10H,5-9,14H2. The van der Waals surface area contributed by atoms with Gasteiger partial charge in [-0.1, -0.05) is 12.1 Å². The molecule has 1 aliphatic heterocycles. The number of sulfonamides is 1. The third-order valence-electron chi connectivity index (χ3n) is 3.92. The molecule has 102 valence electrons. The highest BCUT2D eigenvalue weighted by Gasteiger charge is 2.43. The highest BCUT2D eigenvalue weighted by Crippen LogP contribution is 2.49. The first kappa shape index (κ1) is 12.6. The van der Waals surface area contributed by atoms with Crippen LogP contribution in [0.5, 0.6) is 0 Å². The van der Waals surface area contributed by atoms with Crippen LogP contribution in [0, 0.1) is 5.41 Å². The lowest BCUT2D eigenvalue weighted by Crippen LogP contribution is -2.33. The van der Waals surface area contributed by atoms with Crippen LogP contribution in [-0.4, -0.2) is 27.8 Å². The molecular weight excluding hydrogens is 262 g/mol. The maximum Gasteiger partial charge on any atom is 0.285 e. The number of para-hydroxylation sites is 1. The number of nitrogens with two attached hydrogens (primary N) is 1. The Bertz CT molecular complexity index is 621. The van der Waals surface area contributed by atoms with Gasteiger partial charge in [-0.25, -0.2) is 0 Å². The summed E-state index contributed by atoms with van der Waals surface area (Å²) in [6, 6.07) is 7.01. The Labute approximate surface area is 113 Å². The summed E-state index contributed by atoms with van der Waals surface area (Å²) in [5.41, 5.74) is 6.62. The van der Waals surface area contributed by atoms with E-state index in [4.69, 9.17) is 5.73 Å². The van der Waals surface area contributed by atoms with Gasteiger partial charge in [-0.2, -0.15) is 8.42 Å². The highest BCUT2D eigenvalue weighted by molar-refractivity contribution is 7.90. The second-order valence-electron chi connectivity index (χ2n) is 5.33. The minimum atomic E-state index is -3.52. The van der Waals surface area contributed by atoms with E-state index < -0.39 is 10.0 Å². The van der Waals surface area contributed by atoms with Crippen LogP contribution < -0.4 is 10.6 Å². The molecule has 0 spiro atoms. The van der Waals surface area contributed by atoms with E-state index in [1.807, 2.05) is 17.0 Å². The average molecular weight is 279 g/mol. The zero-order valence-electron chi connectivity index (χ0n) is 10.6. The van der Waals surface area contributed by atoms with E-state index in [0.717, 1.165) is 31.5 Å². The molecule has 2 N–H and O–H groups in total. The number of hydrogen-bond acceptors (Lipinski definition) is 4. The molecule has 1 aromatic carbocycles. The third-order valence-corrected chi connectivity index (χ3v) is 5.19. The summed E-state index contributed by atoms with van der Waals surface area (Å²) in [6.45, 7) is 1.46. The van der Waals surface area contributed by atoms with Gasteiger partial charge < -0.3 is 10.6 Å². The van der Waals surface area contributed by atoms with Crippen LogP contribution in [-0.2, 0) is 10.0 Å². The number of benzene rings is 1. The molecule has 6 heteroatoms. The molecule has 1 aliphatic carbocycles. The van der Waals surface area contributed by atoms with Gasteiger partial charge in [-0.15, -0.1) is 4.40 Å². The molecule has 3 rings (SSSR count). The maximum atomic E-state index is 11.9. The van der Waals surface area contributed by atoms with Crippen LogP contribution in [0.15, 0.2) is 33.6 Å². The fourth-order valence-electron chi connectivity index (χ4n) is 2.61. The Balaban J connectivity index is 1.93. The van der Waals surface area contributed by atoms with Crippen molar-refractivity contribution in [1.82, 2.24) is 0 Å². The van der Waals surface area contributed by atoms with Crippen molar-refractivity contribution < 1.29 is 8.42 Å². The van der Waals surface area contributed by atoms with Crippen molar-refractivity contribution in [2.45, 2.75) is 24.2 Å². The van der Waals surface area contributed by atoms with Gasteiger partial charge in [0.25, 0.3) is 10.0 Å². The zero-order chi connectivity index (χ0) is 13.5. The molecule has 0 saturated heterocycles. The molecule has 0 aromatic heterocycles. The molecule has 0 radical (unpaired) electrons. The first-order valence-corrected chi connectivity index (χ1v) is 7.87. The summed E-state index contributed by atoms with van der Waals surface area (Å²) < 4.78 is 27.5. The van der Waals surface area contributed by atoms with Crippen LogP contribution in [0.1, 0.15) is 19.3 Å². The molecule has 1 heterocycles. The lowest BCUT2D eigenvalue weighted by molar-refractivity contribution is 0.485. The van der Waals surface area contributed by atoms with E-state index >= 15 is 0 Å². The molecule has 2 aliphatic rings. The van der Waals surface area contributed by atoms with E-state index in [2.05, 4.69) is 4.40 Å². The Morgan fingerprint density at radius 1 is 1.32 bits per heavy atom. The first-order valence-electron chi connectivity index (χ1n) is 6.43. The average Bonchev–Trinajstić information content (AvgIpc) is 3.14. The van der Waals surface area contributed by atoms with Crippen LogP contribution in [0.4, 0.5) is 5.69 Å². The minimum absolute atomic E-state index is 0.245. The summed E-state index contributed by atoms with van der Waals surface area (Å²) in [5, 5.41) is 0. The van der Waals surface area contributed by atoms with Crippen LogP contribution >= 0.6 is 0 Å². The molecule has 1 fully saturated rings. The first-order chi connectivity index (χ1) is 9.06. The summed E-state index contributed by atoms with van der Waals surface area (Å²) in [4.78, 5) is 2.24. The Morgan fingerprint density at radius 2 is 2.05 bits per heavy atom. The Kier molecular flexibility index (Phi) is 2.87. The molecule has 0 atom stereocenters. The van der Waals surface area contributed by atoms with Crippen LogP contribution in [0.25, 0.3) is 0 Å². The fraction of sp³-hybridized carbons (Fsp3) is 0.462. The van der Waals surface area contributed by atoms with Crippen molar-refractivity contribution >= 4 is 22.0 Å². The maximum absolute atomic E-state index is 11.9. The van der Waals surface area contributed by atoms with Crippen molar-refractivity contribution in [3.63, 3.8) is 0 Å². The van der Waals surface area contributed by atoms with Gasteiger partial charge in [0.2, 0.25) is 0 Å². The second-order valence-corrected chi connectivity index (χ2v) is 6.93. The quantitative estimate of drug-likeness (QED) is 0.902. The van der Waals surface area contributed by atoms with Crippen LogP contribution in [0.2, 0.25) is 0 Å². The normalized spacial score (nSPS) is 22.1. The molecular formula is C13H17N3O2S. The summed E-state index contributed by atoms with van der Waals surface area (Å²) in [5.74, 6) is 0. The highest BCUT2D eigenvalue weighted by atomic mass is 32.2. The van der Waals surface area contributed by atoms with E-state index in [1.165, 1.54) is 6.34 Å². The van der Waals surface area contributed by atoms with Crippen molar-refractivity contribution in [1.29, 1.82) is 0 Å². The number of nitrogens with zero attached hydrogens (tertiary/aromatic N) is 2. The summed E-state index contributed by atoms with van der Waals surface area (Å²) in [6.07, 6.45) is 4.73. The zero-order valence-corrected chi connectivity index (χ0v) is 11.4. The van der Waals surface area contributed by atoms with Gasteiger partial charge in [-0.3, -0.25) is 0 Å². The molecule has 19 heavy (non-hydrogen) atoms. The molecule has 0 bridgehead atoms. The fourth-order valence-corrected chi connectivity index (χ4v) is 3.66. The lowest BCUT2D eigenvalue weighted by Gasteiger charge is -2.29. The monoisotopic (exact) mass is 279 g/mol. The number of rotatable bonds is 4. The van der Waals surface area contributed by atoms with Crippen molar-refractivity contribution in [3.05, 3.63) is 24.3 Å². The minimum Gasteiger partial charge on any atom is -0.330 e. The molecule has 5 nitrogen and oxygen atoms in total. The topological polar surface area (TPSA) is 75.8 Å². The van der Waals surface area contributed by atoms with E-state index in [0.29, 0.717) is 11.4 Å². The van der Waals surface area contributed by atoms with Gasteiger partial charge in [-0.05, 0) is 43.4 Å². The number of anilines is 1. The lowest BCUT2D eigenvalue weighted by atomic mass is 10.0. The van der Waals surface area contributed by atoms with Gasteiger partial charge in [0.15, 0.2) is 0 Å². The second kappa shape index (κ2) is 4.31. The SMILES string of the molecule is NCCC1(CN2C=NS(=O)(=O)c3ccccc32)CC1. The Morgan fingerprint density at radius 3 is 2.74 bits per heavy atom. The molecule has 1 saturated carbocycles. The van der Waals surface area contributed by atoms with E-state index in [-0.39, 0.29) is 5.41 Å². The van der Waals surface area contributed by atoms with Gasteiger partial charge in [0.05, 0.1) is 5.69 Å². The largest absolute Gasteiger partial charge is 0.330 e. The van der Waals surface area contributed by atoms with E-state index in [1.54, 1.807) is 12.1 Å². The van der Waals surface area contributed by atoms with Gasteiger partial charge >= 0.3 is 0 Å². The predicted molar refractivity (Wildman–Crippen MR) is 74.8 cm³/mol. The summed E-state index contributed by atoms with van der Waals surface area (Å²) in [7, 11) is -3.52. The van der Waals surface area contributed by atoms with Crippen LogP contribution in [0.3, 0.4) is 0 Å². The smallest absolute Gasteiger partial charge is 0.285 e. The molecule has 0 amide bonds. The van der Waals surface area contributed by atoms with Crippen molar-refractivity contribution in [3.8, 4) is 0 Å². The Hall–Kier alpha value is -1.40. The van der Waals surface area contributed by atoms with E-state index in [9.17, 15) is 8.42 Å². The molecule has 1 aromatic rings. The predicted octanol–water partition coefficient (Wildman–Crippen LogP) is 1.35. The van der Waals surface area contributed by atoms with Gasteiger partial charge in [0.1, 0.15) is 11.2 Å². The number of fused-ring (bicyclic) bond motifs is 1. The molecule has 0 unspecified atom stereocenters. The van der Waals surface area contributed by atoms with Gasteiger partial charge in [0, 0.05) is 6.54 Å². The third kappa shape index (κ3) is 2.26. The number of hydrogen-bond donors (Lipinski definition) is 1. The van der Waals surface area contributed by atoms with Crippen molar-refractivity contribution in [2.75, 3.05) is 18.0 Å². The summed E-state index contributed by atoms with van der Waals surface area (Å²) >= 11 is 0. The van der Waals surface area contributed by atoms with Crippen molar-refractivity contribution in [2.24, 2.45) is 15.5 Å².